The summed E-state index contributed by atoms with van der Waals surface area (Å²) in [6.07, 6.45) is -1.93. The summed E-state index contributed by atoms with van der Waals surface area (Å²) in [5, 5.41) is 11.7. The van der Waals surface area contributed by atoms with Crippen LogP contribution in [0.2, 0.25) is 0 Å². The van der Waals surface area contributed by atoms with Gasteiger partial charge in [0.15, 0.2) is 5.16 Å². The van der Waals surface area contributed by atoms with Crippen LogP contribution >= 0.6 is 11.8 Å². The van der Waals surface area contributed by atoms with Crippen LogP contribution in [0.1, 0.15) is 24.6 Å². The van der Waals surface area contributed by atoms with E-state index in [9.17, 15) is 13.2 Å². The lowest BCUT2D eigenvalue weighted by atomic mass is 10.1. The molecule has 3 heterocycles. The minimum absolute atomic E-state index is 0.0436. The van der Waals surface area contributed by atoms with Crippen molar-refractivity contribution < 1.29 is 17.9 Å². The number of ether oxygens (including phenoxy) is 1. The molecule has 0 radical (unpaired) electrons. The molecule has 0 atom stereocenters. The van der Waals surface area contributed by atoms with E-state index >= 15 is 0 Å². The van der Waals surface area contributed by atoms with Gasteiger partial charge in [0.25, 0.3) is 0 Å². The fraction of sp³-hybridized carbons (Fsp3) is 0.545. The summed E-state index contributed by atoms with van der Waals surface area (Å²) in [7, 11) is 0. The van der Waals surface area contributed by atoms with Gasteiger partial charge in [-0.2, -0.15) is 13.2 Å². The zero-order chi connectivity index (χ0) is 15.6. The molecule has 1 saturated heterocycles. The number of hydrogen-bond acceptors (Lipinski definition) is 7. The number of rotatable bonds is 3. The Kier molecular flexibility index (Phi) is 4.25. The van der Waals surface area contributed by atoms with E-state index in [2.05, 4.69) is 25.5 Å². The minimum Gasteiger partial charge on any atom is -0.381 e. The number of hydrogen-bond donors (Lipinski definition) is 0. The second-order valence-corrected chi connectivity index (χ2v) is 5.51. The molecule has 0 unspecified atom stereocenters. The van der Waals surface area contributed by atoms with Crippen LogP contribution in [-0.2, 0) is 10.9 Å². The molecule has 7 nitrogen and oxygen atoms in total. The molecule has 1 aliphatic heterocycles. The Hall–Kier alpha value is -1.75. The quantitative estimate of drug-likeness (QED) is 0.795. The molecule has 0 spiro atoms. The van der Waals surface area contributed by atoms with Gasteiger partial charge in [-0.1, -0.05) is 0 Å². The predicted molar refractivity (Wildman–Crippen MR) is 68.1 cm³/mol. The van der Waals surface area contributed by atoms with Crippen LogP contribution in [0, 0.1) is 0 Å². The monoisotopic (exact) mass is 332 g/mol. The van der Waals surface area contributed by atoms with E-state index in [0.29, 0.717) is 18.4 Å². The van der Waals surface area contributed by atoms with Crippen molar-refractivity contribution in [2.24, 2.45) is 0 Å². The third-order valence-corrected chi connectivity index (χ3v) is 3.94. The molecule has 0 amide bonds. The molecule has 0 aliphatic carbocycles. The summed E-state index contributed by atoms with van der Waals surface area (Å²) in [6.45, 7) is 1.21. The summed E-state index contributed by atoms with van der Waals surface area (Å²) in [4.78, 5) is 7.33. The number of halogens is 3. The third kappa shape index (κ3) is 3.35. The van der Waals surface area contributed by atoms with E-state index in [1.54, 1.807) is 4.68 Å². The van der Waals surface area contributed by atoms with Gasteiger partial charge in [-0.3, -0.25) is 0 Å². The summed E-state index contributed by atoms with van der Waals surface area (Å²) in [5.41, 5.74) is -0.991. The van der Waals surface area contributed by atoms with E-state index in [1.165, 1.54) is 0 Å². The van der Waals surface area contributed by atoms with Gasteiger partial charge in [0, 0.05) is 19.4 Å². The normalized spacial score (nSPS) is 16.9. The first kappa shape index (κ1) is 15.2. The molecular formula is C11H11F3N6OS. The Morgan fingerprint density at radius 1 is 1.27 bits per heavy atom. The van der Waals surface area contributed by atoms with Gasteiger partial charge in [-0.25, -0.2) is 14.6 Å². The largest absolute Gasteiger partial charge is 0.433 e. The first-order valence-corrected chi connectivity index (χ1v) is 7.29. The second-order valence-electron chi connectivity index (χ2n) is 4.57. The van der Waals surface area contributed by atoms with Crippen LogP contribution in [0.25, 0.3) is 0 Å². The molecule has 3 rings (SSSR count). The maximum absolute atomic E-state index is 12.7. The molecule has 2 aromatic rings. The van der Waals surface area contributed by atoms with Crippen molar-refractivity contribution in [2.75, 3.05) is 13.2 Å². The summed E-state index contributed by atoms with van der Waals surface area (Å²) < 4.78 is 44.8. The van der Waals surface area contributed by atoms with Crippen LogP contribution in [0.3, 0.4) is 0 Å². The molecule has 0 N–H and O–H groups in total. The van der Waals surface area contributed by atoms with Crippen molar-refractivity contribution in [1.29, 1.82) is 0 Å². The van der Waals surface area contributed by atoms with Gasteiger partial charge in [0.05, 0.1) is 6.04 Å². The van der Waals surface area contributed by atoms with E-state index in [4.69, 9.17) is 4.74 Å². The molecule has 1 aliphatic rings. The highest BCUT2D eigenvalue weighted by molar-refractivity contribution is 7.99. The fourth-order valence-corrected chi connectivity index (χ4v) is 2.82. The van der Waals surface area contributed by atoms with Crippen molar-refractivity contribution in [3.05, 3.63) is 18.0 Å². The Bertz CT molecular complexity index is 643. The molecule has 0 bridgehead atoms. The zero-order valence-corrected chi connectivity index (χ0v) is 12.0. The summed E-state index contributed by atoms with van der Waals surface area (Å²) in [6, 6.07) is 0.892. The van der Waals surface area contributed by atoms with Gasteiger partial charge >= 0.3 is 6.18 Å². The molecule has 0 aromatic carbocycles. The average molecular weight is 332 g/mol. The van der Waals surface area contributed by atoms with E-state index in [0.717, 1.165) is 36.9 Å². The molecule has 2 aromatic heterocycles. The highest BCUT2D eigenvalue weighted by Crippen LogP contribution is 2.31. The topological polar surface area (TPSA) is 78.6 Å². The van der Waals surface area contributed by atoms with Crippen LogP contribution in [0.15, 0.2) is 22.6 Å². The number of tetrazole rings is 1. The fourth-order valence-electron chi connectivity index (χ4n) is 2.04. The van der Waals surface area contributed by atoms with Crippen LogP contribution < -0.4 is 0 Å². The lowest BCUT2D eigenvalue weighted by Crippen LogP contribution is -2.21. The SMILES string of the molecule is FC(F)(F)c1ccnc(Sc2nnnn2C2CCOCC2)n1. The molecule has 22 heavy (non-hydrogen) atoms. The molecule has 1 fully saturated rings. The highest BCUT2D eigenvalue weighted by Gasteiger charge is 2.33. The Morgan fingerprint density at radius 3 is 2.77 bits per heavy atom. The third-order valence-electron chi connectivity index (χ3n) is 3.11. The first-order chi connectivity index (χ1) is 10.5. The van der Waals surface area contributed by atoms with Crippen LogP contribution in [0.4, 0.5) is 13.2 Å². The number of alkyl halides is 3. The van der Waals surface area contributed by atoms with Crippen LogP contribution in [0.5, 0.6) is 0 Å². The Labute approximate surface area is 127 Å². The minimum atomic E-state index is -4.51. The predicted octanol–water partition coefficient (Wildman–Crippen LogP) is 1.98. The van der Waals surface area contributed by atoms with Gasteiger partial charge in [-0.15, -0.1) is 5.10 Å². The molecule has 11 heteroatoms. The Morgan fingerprint density at radius 2 is 2.05 bits per heavy atom. The van der Waals surface area contributed by atoms with Gasteiger partial charge in [0.2, 0.25) is 5.16 Å². The van der Waals surface area contributed by atoms with Gasteiger partial charge in [-0.05, 0) is 41.1 Å². The van der Waals surface area contributed by atoms with Gasteiger partial charge in [0.1, 0.15) is 5.69 Å². The maximum Gasteiger partial charge on any atom is 0.433 e. The summed E-state index contributed by atoms with van der Waals surface area (Å²) >= 11 is 0.909. The van der Waals surface area contributed by atoms with Crippen molar-refractivity contribution in [1.82, 2.24) is 30.2 Å². The molecular weight excluding hydrogens is 321 g/mol. The van der Waals surface area contributed by atoms with Crippen molar-refractivity contribution in [3.8, 4) is 0 Å². The molecule has 118 valence electrons. The lowest BCUT2D eigenvalue weighted by Gasteiger charge is -2.22. The van der Waals surface area contributed by atoms with Crippen LogP contribution in [-0.4, -0.2) is 43.4 Å². The van der Waals surface area contributed by atoms with Crippen molar-refractivity contribution in [3.63, 3.8) is 0 Å². The van der Waals surface area contributed by atoms with Crippen molar-refractivity contribution in [2.45, 2.75) is 35.4 Å². The van der Waals surface area contributed by atoms with Crippen molar-refractivity contribution >= 4 is 11.8 Å². The second kappa shape index (κ2) is 6.16. The lowest BCUT2D eigenvalue weighted by molar-refractivity contribution is -0.141. The standard InChI is InChI=1S/C11H11F3N6OS/c12-11(13,14)8-1-4-15-9(16-8)22-10-17-18-19-20(10)7-2-5-21-6-3-7/h1,4,7H,2-3,5-6H2. The number of aromatic nitrogens is 6. The van der Waals surface area contributed by atoms with E-state index in [-0.39, 0.29) is 11.2 Å². The van der Waals surface area contributed by atoms with E-state index < -0.39 is 11.9 Å². The number of nitrogens with zero attached hydrogens (tertiary/aromatic N) is 6. The average Bonchev–Trinajstić information content (AvgIpc) is 2.96. The highest BCUT2D eigenvalue weighted by atomic mass is 32.2. The first-order valence-electron chi connectivity index (χ1n) is 6.48. The van der Waals surface area contributed by atoms with Gasteiger partial charge < -0.3 is 4.74 Å². The Balaban J connectivity index is 1.81. The summed E-state index contributed by atoms with van der Waals surface area (Å²) in [5.74, 6) is 0. The maximum atomic E-state index is 12.7. The van der Waals surface area contributed by atoms with E-state index in [1.807, 2.05) is 0 Å². The molecule has 0 saturated carbocycles. The zero-order valence-electron chi connectivity index (χ0n) is 11.2. The smallest absolute Gasteiger partial charge is 0.381 e.